The van der Waals surface area contributed by atoms with Crippen LogP contribution >= 0.6 is 0 Å². The fourth-order valence-corrected chi connectivity index (χ4v) is 6.26. The van der Waals surface area contributed by atoms with Gasteiger partial charge in [-0.05, 0) is 55.4 Å². The minimum absolute atomic E-state index is 0.234. The maximum atomic E-state index is 13.0. The van der Waals surface area contributed by atoms with Crippen LogP contribution in [0.5, 0.6) is 0 Å². The molecule has 0 aromatic carbocycles. The molecule has 6 saturated heterocycles. The summed E-state index contributed by atoms with van der Waals surface area (Å²) < 4.78 is 70.9. The maximum absolute atomic E-state index is 13.0. The molecule has 0 bridgehead atoms. The van der Waals surface area contributed by atoms with Gasteiger partial charge in [0.1, 0.15) is 24.4 Å². The van der Waals surface area contributed by atoms with Gasteiger partial charge < -0.3 is 56.8 Å². The first kappa shape index (κ1) is 30.6. The molecular formula is C28H42O14. The first-order valence-electron chi connectivity index (χ1n) is 14.5. The summed E-state index contributed by atoms with van der Waals surface area (Å²) in [5, 5.41) is 0. The van der Waals surface area contributed by atoms with E-state index < -0.39 is 96.5 Å². The van der Waals surface area contributed by atoms with Crippen molar-refractivity contribution < 1.29 is 66.4 Å². The predicted octanol–water partition coefficient (Wildman–Crippen LogP) is 1.65. The van der Waals surface area contributed by atoms with E-state index in [2.05, 4.69) is 0 Å². The largest absolute Gasteiger partial charge is 0.456 e. The predicted molar refractivity (Wildman–Crippen MR) is 136 cm³/mol. The molecule has 6 heterocycles. The minimum atomic E-state index is -0.914. The highest BCUT2D eigenvalue weighted by Crippen LogP contribution is 2.43. The van der Waals surface area contributed by atoms with E-state index in [1.54, 1.807) is 55.4 Å². The van der Waals surface area contributed by atoms with E-state index in [4.69, 9.17) is 56.8 Å². The normalized spacial score (nSPS) is 44.2. The summed E-state index contributed by atoms with van der Waals surface area (Å²) in [5.74, 6) is -4.68. The van der Waals surface area contributed by atoms with Gasteiger partial charge in [0, 0.05) is 0 Å². The van der Waals surface area contributed by atoms with Crippen molar-refractivity contribution in [3.05, 3.63) is 0 Å². The first-order valence-corrected chi connectivity index (χ1v) is 14.5. The molecule has 6 aliphatic rings. The number of carbonyl (C=O) groups is 2. The Kier molecular flexibility index (Phi) is 7.69. The SMILES string of the molecule is CC1(C)OCC([C@H]2O[C@@H]3OC(C)(C)O[C@@H]3[C@H]2OC(=O)CCC(=O)O[C@@H]2[C@H]3OC(C)(C)O[C@H]3O[C@@H]2C2COC(C)(C)O2)O1. The van der Waals surface area contributed by atoms with Crippen LogP contribution in [-0.4, -0.2) is 110 Å². The summed E-state index contributed by atoms with van der Waals surface area (Å²) in [6, 6.07) is 0. The molecule has 14 heteroatoms. The van der Waals surface area contributed by atoms with Crippen molar-refractivity contribution in [1.29, 1.82) is 0 Å². The van der Waals surface area contributed by atoms with Gasteiger partial charge in [-0.1, -0.05) is 0 Å². The Morgan fingerprint density at radius 1 is 0.548 bits per heavy atom. The van der Waals surface area contributed by atoms with E-state index in [9.17, 15) is 9.59 Å². The third-order valence-corrected chi connectivity index (χ3v) is 7.92. The van der Waals surface area contributed by atoms with Crippen LogP contribution in [0.4, 0.5) is 0 Å². The van der Waals surface area contributed by atoms with Gasteiger partial charge in [0.15, 0.2) is 60.1 Å². The molecule has 10 atom stereocenters. The molecule has 0 saturated carbocycles. The summed E-state index contributed by atoms with van der Waals surface area (Å²) >= 11 is 0. The first-order chi connectivity index (χ1) is 19.5. The molecule has 238 valence electrons. The van der Waals surface area contributed by atoms with E-state index >= 15 is 0 Å². The monoisotopic (exact) mass is 602 g/mol. The van der Waals surface area contributed by atoms with Gasteiger partial charge in [-0.15, -0.1) is 0 Å². The van der Waals surface area contributed by atoms with Crippen LogP contribution in [0.1, 0.15) is 68.2 Å². The minimum Gasteiger partial charge on any atom is -0.456 e. The summed E-state index contributed by atoms with van der Waals surface area (Å²) in [7, 11) is 0. The van der Waals surface area contributed by atoms with E-state index in [1.165, 1.54) is 0 Å². The molecule has 0 aromatic rings. The number of esters is 2. The van der Waals surface area contributed by atoms with Crippen molar-refractivity contribution in [3.8, 4) is 0 Å². The second-order valence-electron chi connectivity index (χ2n) is 13.3. The summed E-state index contributed by atoms with van der Waals surface area (Å²) in [5.41, 5.74) is 0. The van der Waals surface area contributed by atoms with Crippen molar-refractivity contribution in [3.63, 3.8) is 0 Å². The zero-order valence-corrected chi connectivity index (χ0v) is 25.3. The van der Waals surface area contributed by atoms with Crippen LogP contribution in [0.15, 0.2) is 0 Å². The number of carbonyl (C=O) groups excluding carboxylic acids is 2. The highest BCUT2D eigenvalue weighted by molar-refractivity contribution is 5.78. The van der Waals surface area contributed by atoms with Gasteiger partial charge in [0.05, 0.1) is 26.1 Å². The average molecular weight is 603 g/mol. The second kappa shape index (κ2) is 10.6. The molecule has 0 spiro atoms. The van der Waals surface area contributed by atoms with Crippen LogP contribution < -0.4 is 0 Å². The Morgan fingerprint density at radius 2 is 0.929 bits per heavy atom. The highest BCUT2D eigenvalue weighted by Gasteiger charge is 2.61. The van der Waals surface area contributed by atoms with Crippen LogP contribution in [0.3, 0.4) is 0 Å². The fraction of sp³-hybridized carbons (Fsp3) is 0.929. The van der Waals surface area contributed by atoms with Gasteiger partial charge in [-0.25, -0.2) is 0 Å². The van der Waals surface area contributed by atoms with Crippen molar-refractivity contribution in [2.45, 2.75) is 153 Å². The molecule has 0 radical (unpaired) electrons. The molecule has 2 unspecified atom stereocenters. The molecule has 14 nitrogen and oxygen atoms in total. The van der Waals surface area contributed by atoms with Crippen LogP contribution in [0.25, 0.3) is 0 Å². The van der Waals surface area contributed by atoms with Crippen LogP contribution in [0, 0.1) is 0 Å². The smallest absolute Gasteiger partial charge is 0.306 e. The quantitative estimate of drug-likeness (QED) is 0.389. The Morgan fingerprint density at radius 3 is 1.26 bits per heavy atom. The Bertz CT molecular complexity index is 975. The highest BCUT2D eigenvalue weighted by atomic mass is 16.9. The van der Waals surface area contributed by atoms with Gasteiger partial charge in [0.2, 0.25) is 0 Å². The summed E-state index contributed by atoms with van der Waals surface area (Å²) in [4.78, 5) is 26.1. The summed E-state index contributed by atoms with van der Waals surface area (Å²) in [6.45, 7) is 14.7. The number of fused-ring (bicyclic) bond motifs is 2. The Hall–Kier alpha value is -1.46. The second-order valence-corrected chi connectivity index (χ2v) is 13.3. The number of rotatable bonds is 7. The van der Waals surface area contributed by atoms with E-state index in [-0.39, 0.29) is 26.1 Å². The Balaban J connectivity index is 1.07. The van der Waals surface area contributed by atoms with Crippen LogP contribution in [-0.2, 0) is 66.4 Å². The molecule has 6 fully saturated rings. The molecule has 42 heavy (non-hydrogen) atoms. The lowest BCUT2D eigenvalue weighted by Crippen LogP contribution is -2.45. The lowest BCUT2D eigenvalue weighted by atomic mass is 10.1. The third kappa shape index (κ3) is 6.21. The number of hydrogen-bond acceptors (Lipinski definition) is 14. The zero-order chi connectivity index (χ0) is 30.2. The fourth-order valence-electron chi connectivity index (χ4n) is 6.26. The van der Waals surface area contributed by atoms with Gasteiger partial charge in [0.25, 0.3) is 0 Å². The zero-order valence-electron chi connectivity index (χ0n) is 25.3. The van der Waals surface area contributed by atoms with Crippen molar-refractivity contribution in [2.75, 3.05) is 13.2 Å². The van der Waals surface area contributed by atoms with Crippen molar-refractivity contribution in [2.24, 2.45) is 0 Å². The van der Waals surface area contributed by atoms with Gasteiger partial charge in [-0.3, -0.25) is 9.59 Å². The number of ether oxygens (including phenoxy) is 12. The standard InChI is InChI=1S/C28H42O14/c1-25(2)31-11-13(37-25)17-19(21-23(35-17)41-27(5,6)39-21)33-15(29)9-10-16(30)34-20-18(14-12-32-26(3,4)38-14)36-24-22(20)40-28(7,8)42-24/h13-14,17-24H,9-12H2,1-8H3/t13?,14?,17-,18-,19+,20+,21-,22-,23-,24-/m1/s1. The molecule has 0 amide bonds. The molecule has 0 aromatic heterocycles. The van der Waals surface area contributed by atoms with E-state index in [1.807, 2.05) is 0 Å². The Labute approximate surface area is 244 Å². The molecule has 6 rings (SSSR count). The number of hydrogen-bond donors (Lipinski definition) is 0. The lowest BCUT2D eigenvalue weighted by Gasteiger charge is -2.29. The van der Waals surface area contributed by atoms with Crippen molar-refractivity contribution >= 4 is 11.9 Å². The third-order valence-electron chi connectivity index (χ3n) is 7.92. The molecular weight excluding hydrogens is 560 g/mol. The average Bonchev–Trinajstić information content (AvgIpc) is 3.67. The molecule has 6 aliphatic heterocycles. The van der Waals surface area contributed by atoms with Crippen LogP contribution in [0.2, 0.25) is 0 Å². The maximum Gasteiger partial charge on any atom is 0.306 e. The summed E-state index contributed by atoms with van der Waals surface area (Å²) in [6.07, 6.45) is -7.29. The topological polar surface area (TPSA) is 145 Å². The van der Waals surface area contributed by atoms with Crippen molar-refractivity contribution in [1.82, 2.24) is 0 Å². The molecule has 0 N–H and O–H groups in total. The molecule has 0 aliphatic carbocycles. The van der Waals surface area contributed by atoms with Gasteiger partial charge >= 0.3 is 11.9 Å². The van der Waals surface area contributed by atoms with E-state index in [0.29, 0.717) is 0 Å². The lowest BCUT2D eigenvalue weighted by molar-refractivity contribution is -0.236. The van der Waals surface area contributed by atoms with E-state index in [0.717, 1.165) is 0 Å². The van der Waals surface area contributed by atoms with Gasteiger partial charge in [-0.2, -0.15) is 0 Å².